The van der Waals surface area contributed by atoms with Gasteiger partial charge in [0.25, 0.3) is 0 Å². The van der Waals surface area contributed by atoms with Crippen LogP contribution in [0.1, 0.15) is 48.4 Å². The Hall–Kier alpha value is -3.09. The molecule has 0 spiro atoms. The molecule has 12 heteroatoms. The number of rotatable bonds is 10. The number of carbonyl (C=O) groups excluding carboxylic acids is 2. The Kier molecular flexibility index (Phi) is 10.6. The Morgan fingerprint density at radius 2 is 1.76 bits per heavy atom. The molecule has 1 aliphatic rings. The van der Waals surface area contributed by atoms with Crippen molar-refractivity contribution in [1.82, 2.24) is 14.8 Å². The molecule has 1 saturated heterocycles. The SMILES string of the molecule is COC(=O)COc1ccc(SCc2sc(-c3ccc(C(F)(F)F)cc3)nc2CN2CCN(C(C)=O)CC2)cc1C(C)C. The van der Waals surface area contributed by atoms with Gasteiger partial charge in [0.05, 0.1) is 18.4 Å². The van der Waals surface area contributed by atoms with Crippen LogP contribution < -0.4 is 4.74 Å². The van der Waals surface area contributed by atoms with Crippen molar-refractivity contribution in [2.45, 2.75) is 50.1 Å². The summed E-state index contributed by atoms with van der Waals surface area (Å²) in [6.45, 7) is 8.86. The summed E-state index contributed by atoms with van der Waals surface area (Å²) >= 11 is 3.13. The fourth-order valence-corrected chi connectivity index (χ4v) is 6.64. The fourth-order valence-electron chi connectivity index (χ4n) is 4.52. The second kappa shape index (κ2) is 13.9. The summed E-state index contributed by atoms with van der Waals surface area (Å²) in [5.41, 5.74) is 1.81. The molecule has 0 saturated carbocycles. The third kappa shape index (κ3) is 8.26. The van der Waals surface area contributed by atoms with Crippen LogP contribution in [0.15, 0.2) is 47.4 Å². The zero-order chi connectivity index (χ0) is 30.4. The number of methoxy groups -OCH3 is 1. The lowest BCUT2D eigenvalue weighted by molar-refractivity contribution is -0.143. The van der Waals surface area contributed by atoms with Gasteiger partial charge in [0.1, 0.15) is 10.8 Å². The van der Waals surface area contributed by atoms with Crippen molar-refractivity contribution in [2.24, 2.45) is 0 Å². The van der Waals surface area contributed by atoms with E-state index >= 15 is 0 Å². The van der Waals surface area contributed by atoms with Crippen molar-refractivity contribution >= 4 is 35.0 Å². The molecule has 2 aromatic carbocycles. The first-order valence-corrected chi connectivity index (χ1v) is 15.3. The number of thioether (sulfide) groups is 1. The zero-order valence-electron chi connectivity index (χ0n) is 24.0. The summed E-state index contributed by atoms with van der Waals surface area (Å²) in [5, 5.41) is 0.672. The van der Waals surface area contributed by atoms with Gasteiger partial charge in [-0.05, 0) is 41.8 Å². The molecule has 0 atom stereocenters. The Bertz CT molecular complexity index is 1390. The zero-order valence-corrected chi connectivity index (χ0v) is 25.6. The van der Waals surface area contributed by atoms with Gasteiger partial charge in [0.15, 0.2) is 6.61 Å². The third-order valence-corrected chi connectivity index (χ3v) is 9.32. The van der Waals surface area contributed by atoms with Gasteiger partial charge >= 0.3 is 12.1 Å². The third-order valence-electron chi connectivity index (χ3n) is 6.97. The minimum absolute atomic E-state index is 0.0625. The van der Waals surface area contributed by atoms with Crippen molar-refractivity contribution in [1.29, 1.82) is 0 Å². The van der Waals surface area contributed by atoms with E-state index in [-0.39, 0.29) is 18.4 Å². The summed E-state index contributed by atoms with van der Waals surface area (Å²) in [6.07, 6.45) is -4.40. The average molecular weight is 622 g/mol. The molecule has 1 aromatic heterocycles. The molecule has 1 fully saturated rings. The fraction of sp³-hybridized carbons (Fsp3) is 0.433. The van der Waals surface area contributed by atoms with E-state index in [0.717, 1.165) is 46.3 Å². The number of halogens is 3. The van der Waals surface area contributed by atoms with Crippen LogP contribution in [-0.2, 0) is 32.8 Å². The second-order valence-corrected chi connectivity index (χ2v) is 12.4. The minimum atomic E-state index is -4.40. The van der Waals surface area contributed by atoms with Crippen molar-refractivity contribution < 1.29 is 32.2 Å². The van der Waals surface area contributed by atoms with Gasteiger partial charge < -0.3 is 14.4 Å². The number of hydrogen-bond donors (Lipinski definition) is 0. The maximum atomic E-state index is 13.1. The van der Waals surface area contributed by atoms with Gasteiger partial charge in [-0.3, -0.25) is 9.69 Å². The number of aromatic nitrogens is 1. The number of nitrogens with zero attached hydrogens (tertiary/aromatic N) is 3. The van der Waals surface area contributed by atoms with E-state index in [4.69, 9.17) is 9.72 Å². The smallest absolute Gasteiger partial charge is 0.416 e. The largest absolute Gasteiger partial charge is 0.482 e. The molecule has 0 unspecified atom stereocenters. The Morgan fingerprint density at radius 1 is 1.07 bits per heavy atom. The van der Waals surface area contributed by atoms with Gasteiger partial charge in [0, 0.05) is 60.7 Å². The molecule has 0 N–H and O–H groups in total. The molecule has 1 aliphatic heterocycles. The summed E-state index contributed by atoms with van der Waals surface area (Å²) < 4.78 is 49.7. The number of amides is 1. The number of hydrogen-bond acceptors (Lipinski definition) is 8. The van der Waals surface area contributed by atoms with E-state index in [0.29, 0.717) is 41.7 Å². The molecular formula is C30H34F3N3O4S2. The molecule has 1 amide bonds. The quantitative estimate of drug-likeness (QED) is 0.190. The number of alkyl halides is 3. The maximum absolute atomic E-state index is 13.1. The molecule has 3 aromatic rings. The van der Waals surface area contributed by atoms with Crippen molar-refractivity contribution in [3.05, 3.63) is 64.2 Å². The van der Waals surface area contributed by atoms with E-state index in [1.165, 1.54) is 30.6 Å². The van der Waals surface area contributed by atoms with Crippen LogP contribution in [0.3, 0.4) is 0 Å². The van der Waals surface area contributed by atoms with E-state index < -0.39 is 17.7 Å². The minimum Gasteiger partial charge on any atom is -0.482 e. The molecule has 0 bridgehead atoms. The predicted molar refractivity (Wildman–Crippen MR) is 158 cm³/mol. The standard InChI is InChI=1S/C30H34F3N3O4S2/c1-19(2)24-15-23(9-10-26(24)40-17-28(38)39-4)41-18-27-25(16-35-11-13-36(14-12-35)20(3)37)34-29(42-27)21-5-7-22(8-6-21)30(31,32)33/h5-10,15,19H,11-14,16-18H2,1-4H3. The van der Waals surface area contributed by atoms with Crippen molar-refractivity contribution in [3.63, 3.8) is 0 Å². The van der Waals surface area contributed by atoms with Gasteiger partial charge in [-0.2, -0.15) is 13.2 Å². The first kappa shape index (κ1) is 31.8. The van der Waals surface area contributed by atoms with Crippen molar-refractivity contribution in [2.75, 3.05) is 39.9 Å². The molecule has 42 heavy (non-hydrogen) atoms. The van der Waals surface area contributed by atoms with Gasteiger partial charge in [0.2, 0.25) is 5.91 Å². The Labute approximate surface area is 252 Å². The van der Waals surface area contributed by atoms with Crippen LogP contribution in [0.25, 0.3) is 10.6 Å². The summed E-state index contributed by atoms with van der Waals surface area (Å²) in [5.74, 6) is 1.03. The number of esters is 1. The maximum Gasteiger partial charge on any atom is 0.416 e. The molecule has 7 nitrogen and oxygen atoms in total. The highest BCUT2D eigenvalue weighted by molar-refractivity contribution is 7.98. The highest BCUT2D eigenvalue weighted by Crippen LogP contribution is 2.37. The van der Waals surface area contributed by atoms with E-state index in [1.807, 2.05) is 17.0 Å². The van der Waals surface area contributed by atoms with Gasteiger partial charge in [-0.15, -0.1) is 23.1 Å². The summed E-state index contributed by atoms with van der Waals surface area (Å²) in [4.78, 5) is 34.3. The lowest BCUT2D eigenvalue weighted by Crippen LogP contribution is -2.47. The van der Waals surface area contributed by atoms with Gasteiger partial charge in [-0.25, -0.2) is 9.78 Å². The molecular weight excluding hydrogens is 587 g/mol. The molecule has 4 rings (SSSR count). The van der Waals surface area contributed by atoms with Crippen molar-refractivity contribution in [3.8, 4) is 16.3 Å². The second-order valence-electron chi connectivity index (χ2n) is 10.3. The Morgan fingerprint density at radius 3 is 2.36 bits per heavy atom. The first-order chi connectivity index (χ1) is 19.9. The van der Waals surface area contributed by atoms with Crippen LogP contribution in [0.2, 0.25) is 0 Å². The van der Waals surface area contributed by atoms with E-state index in [9.17, 15) is 22.8 Å². The first-order valence-electron chi connectivity index (χ1n) is 13.5. The van der Waals surface area contributed by atoms with E-state index in [2.05, 4.69) is 29.6 Å². The number of thiazole rings is 1. The number of benzene rings is 2. The van der Waals surface area contributed by atoms with Crippen LogP contribution in [0.5, 0.6) is 5.75 Å². The molecule has 0 aliphatic carbocycles. The van der Waals surface area contributed by atoms with Gasteiger partial charge in [-0.1, -0.05) is 26.0 Å². The molecule has 2 heterocycles. The normalized spacial score (nSPS) is 14.3. The lowest BCUT2D eigenvalue weighted by atomic mass is 10.0. The summed E-state index contributed by atoms with van der Waals surface area (Å²) in [6, 6.07) is 11.0. The number of piperazine rings is 1. The van der Waals surface area contributed by atoms with Crippen LogP contribution in [0, 0.1) is 0 Å². The number of ether oxygens (including phenoxy) is 2. The van der Waals surface area contributed by atoms with E-state index in [1.54, 1.807) is 18.7 Å². The predicted octanol–water partition coefficient (Wildman–Crippen LogP) is 6.46. The molecule has 226 valence electrons. The van der Waals surface area contributed by atoms with Crippen LogP contribution in [-0.4, -0.2) is 66.6 Å². The summed E-state index contributed by atoms with van der Waals surface area (Å²) in [7, 11) is 1.32. The van der Waals surface area contributed by atoms with Crippen LogP contribution in [0.4, 0.5) is 13.2 Å². The topological polar surface area (TPSA) is 72.0 Å². The number of carbonyl (C=O) groups is 2. The Balaban J connectivity index is 1.55. The average Bonchev–Trinajstić information content (AvgIpc) is 3.37. The van der Waals surface area contributed by atoms with Crippen LogP contribution >= 0.6 is 23.1 Å². The highest BCUT2D eigenvalue weighted by Gasteiger charge is 2.30. The molecule has 0 radical (unpaired) electrons. The monoisotopic (exact) mass is 621 g/mol. The lowest BCUT2D eigenvalue weighted by Gasteiger charge is -2.33. The highest BCUT2D eigenvalue weighted by atomic mass is 32.2.